The maximum atomic E-state index is 12.4. The van der Waals surface area contributed by atoms with E-state index >= 15 is 0 Å². The molecule has 0 saturated heterocycles. The number of amides is 1. The highest BCUT2D eigenvalue weighted by molar-refractivity contribution is 5.91. The van der Waals surface area contributed by atoms with Gasteiger partial charge in [-0.2, -0.15) is 10.2 Å². The summed E-state index contributed by atoms with van der Waals surface area (Å²) in [7, 11) is 0. The molecule has 0 aliphatic heterocycles. The third kappa shape index (κ3) is 3.93. The van der Waals surface area contributed by atoms with Crippen LogP contribution in [-0.4, -0.2) is 30.4 Å². The molecular weight excluding hydrogens is 360 g/mol. The van der Waals surface area contributed by atoms with Crippen molar-refractivity contribution in [2.75, 3.05) is 5.32 Å². The van der Waals surface area contributed by atoms with E-state index in [1.165, 1.54) is 23.4 Å². The summed E-state index contributed by atoms with van der Waals surface area (Å²) in [6.45, 7) is 7.82. The quantitative estimate of drug-likeness (QED) is 0.521. The Morgan fingerprint density at radius 1 is 1.14 bits per heavy atom. The molecular formula is C19H22N6O3. The van der Waals surface area contributed by atoms with Crippen molar-refractivity contribution in [1.82, 2.24) is 19.6 Å². The van der Waals surface area contributed by atoms with Crippen molar-refractivity contribution in [3.05, 3.63) is 68.8 Å². The van der Waals surface area contributed by atoms with Gasteiger partial charge in [0.15, 0.2) is 0 Å². The van der Waals surface area contributed by atoms with Gasteiger partial charge in [0.05, 0.1) is 28.5 Å². The van der Waals surface area contributed by atoms with Crippen molar-refractivity contribution < 1.29 is 9.72 Å². The maximum absolute atomic E-state index is 12.4. The molecule has 9 heteroatoms. The van der Waals surface area contributed by atoms with Gasteiger partial charge in [-0.1, -0.05) is 24.3 Å². The number of anilines is 1. The van der Waals surface area contributed by atoms with Crippen molar-refractivity contribution >= 4 is 17.3 Å². The van der Waals surface area contributed by atoms with Crippen LogP contribution < -0.4 is 5.32 Å². The number of aryl methyl sites for hydroxylation is 3. The summed E-state index contributed by atoms with van der Waals surface area (Å²) in [6.07, 6.45) is 1.26. The second-order valence-corrected chi connectivity index (χ2v) is 6.73. The van der Waals surface area contributed by atoms with Crippen molar-refractivity contribution in [2.45, 2.75) is 40.8 Å². The zero-order chi connectivity index (χ0) is 20.4. The molecule has 3 aromatic rings. The Morgan fingerprint density at radius 3 is 2.50 bits per heavy atom. The fourth-order valence-electron chi connectivity index (χ4n) is 3.07. The minimum Gasteiger partial charge on any atom is -0.321 e. The normalized spacial score (nSPS) is 10.9. The van der Waals surface area contributed by atoms with E-state index in [1.807, 2.05) is 30.7 Å². The molecule has 0 spiro atoms. The van der Waals surface area contributed by atoms with E-state index in [-0.39, 0.29) is 23.8 Å². The van der Waals surface area contributed by atoms with Crippen molar-refractivity contribution in [2.24, 2.45) is 0 Å². The van der Waals surface area contributed by atoms with Crippen molar-refractivity contribution in [1.29, 1.82) is 0 Å². The second-order valence-electron chi connectivity index (χ2n) is 6.73. The molecule has 0 fully saturated rings. The third-order valence-electron chi connectivity index (χ3n) is 4.65. The van der Waals surface area contributed by atoms with Crippen LogP contribution in [0.15, 0.2) is 30.5 Å². The minimum atomic E-state index is -0.513. The zero-order valence-corrected chi connectivity index (χ0v) is 16.3. The van der Waals surface area contributed by atoms with Crippen LogP contribution in [0.4, 0.5) is 11.4 Å². The van der Waals surface area contributed by atoms with Gasteiger partial charge in [-0.15, -0.1) is 0 Å². The lowest BCUT2D eigenvalue weighted by Crippen LogP contribution is -2.20. The van der Waals surface area contributed by atoms with E-state index in [0.717, 1.165) is 11.3 Å². The zero-order valence-electron chi connectivity index (χ0n) is 16.3. The van der Waals surface area contributed by atoms with Gasteiger partial charge >= 0.3 is 5.69 Å². The first-order valence-corrected chi connectivity index (χ1v) is 8.83. The molecule has 146 valence electrons. The molecule has 2 heterocycles. The number of nitrogens with one attached hydrogen (secondary N) is 1. The van der Waals surface area contributed by atoms with E-state index in [1.54, 1.807) is 0 Å². The highest BCUT2D eigenvalue weighted by atomic mass is 16.6. The lowest BCUT2D eigenvalue weighted by atomic mass is 10.1. The highest BCUT2D eigenvalue weighted by Crippen LogP contribution is 2.21. The SMILES string of the molecule is Cc1ccccc1Cn1nc(C)c(NC(=O)Cn2cc([N+](=O)[O-])c(C)n2)c1C. The Hall–Kier alpha value is -3.49. The van der Waals surface area contributed by atoms with Crippen molar-refractivity contribution in [3.63, 3.8) is 0 Å². The maximum Gasteiger partial charge on any atom is 0.309 e. The summed E-state index contributed by atoms with van der Waals surface area (Å²) >= 11 is 0. The van der Waals surface area contributed by atoms with Gasteiger partial charge < -0.3 is 5.32 Å². The van der Waals surface area contributed by atoms with Gasteiger partial charge in [0.1, 0.15) is 18.4 Å². The second kappa shape index (κ2) is 7.63. The Labute approximate surface area is 162 Å². The molecule has 9 nitrogen and oxygen atoms in total. The highest BCUT2D eigenvalue weighted by Gasteiger charge is 2.19. The average molecular weight is 382 g/mol. The average Bonchev–Trinajstić information content (AvgIpc) is 3.11. The van der Waals surface area contributed by atoms with Crippen LogP contribution in [0.1, 0.15) is 28.2 Å². The van der Waals surface area contributed by atoms with E-state index in [2.05, 4.69) is 34.6 Å². The number of benzene rings is 1. The molecule has 0 unspecified atom stereocenters. The fourth-order valence-corrected chi connectivity index (χ4v) is 3.07. The molecule has 0 radical (unpaired) electrons. The molecule has 2 aromatic heterocycles. The number of hydrogen-bond donors (Lipinski definition) is 1. The van der Waals surface area contributed by atoms with Gasteiger partial charge in [-0.25, -0.2) is 0 Å². The molecule has 0 bridgehead atoms. The summed E-state index contributed by atoms with van der Waals surface area (Å²) in [5.41, 5.74) is 4.71. The topological polar surface area (TPSA) is 108 Å². The van der Waals surface area contributed by atoms with E-state index in [4.69, 9.17) is 0 Å². The smallest absolute Gasteiger partial charge is 0.309 e. The van der Waals surface area contributed by atoms with Gasteiger partial charge in [0.2, 0.25) is 5.91 Å². The predicted octanol–water partition coefficient (Wildman–Crippen LogP) is 2.91. The van der Waals surface area contributed by atoms with E-state index in [0.29, 0.717) is 17.9 Å². The Morgan fingerprint density at radius 2 is 1.86 bits per heavy atom. The minimum absolute atomic E-state index is 0.105. The molecule has 0 aliphatic carbocycles. The summed E-state index contributed by atoms with van der Waals surface area (Å²) in [6, 6.07) is 8.08. The van der Waals surface area contributed by atoms with Crippen LogP contribution in [0.5, 0.6) is 0 Å². The molecule has 0 saturated carbocycles. The number of aromatic nitrogens is 4. The van der Waals surface area contributed by atoms with Crippen LogP contribution in [0.25, 0.3) is 0 Å². The number of hydrogen-bond acceptors (Lipinski definition) is 5. The lowest BCUT2D eigenvalue weighted by molar-refractivity contribution is -0.385. The molecule has 1 aromatic carbocycles. The lowest BCUT2D eigenvalue weighted by Gasteiger charge is -2.09. The van der Waals surface area contributed by atoms with Gasteiger partial charge in [-0.05, 0) is 38.8 Å². The molecule has 28 heavy (non-hydrogen) atoms. The first kappa shape index (κ1) is 19.3. The van der Waals surface area contributed by atoms with E-state index < -0.39 is 4.92 Å². The molecule has 3 rings (SSSR count). The van der Waals surface area contributed by atoms with Crippen LogP contribution in [0, 0.1) is 37.8 Å². The van der Waals surface area contributed by atoms with Crippen LogP contribution in [-0.2, 0) is 17.9 Å². The van der Waals surface area contributed by atoms with E-state index in [9.17, 15) is 14.9 Å². The number of nitrogens with zero attached hydrogens (tertiary/aromatic N) is 5. The molecule has 0 atom stereocenters. The summed E-state index contributed by atoms with van der Waals surface area (Å²) in [4.78, 5) is 22.8. The fraction of sp³-hybridized carbons (Fsp3) is 0.316. The van der Waals surface area contributed by atoms with Crippen LogP contribution in [0.3, 0.4) is 0 Å². The molecule has 0 aliphatic rings. The van der Waals surface area contributed by atoms with Crippen molar-refractivity contribution in [3.8, 4) is 0 Å². The first-order valence-electron chi connectivity index (χ1n) is 8.83. The Kier molecular flexibility index (Phi) is 5.25. The molecule has 1 N–H and O–H groups in total. The number of nitro groups is 1. The summed E-state index contributed by atoms with van der Waals surface area (Å²) in [5, 5.41) is 22.3. The summed E-state index contributed by atoms with van der Waals surface area (Å²) < 4.78 is 3.13. The number of rotatable bonds is 6. The predicted molar refractivity (Wildman–Crippen MR) is 104 cm³/mol. The monoisotopic (exact) mass is 382 g/mol. The first-order chi connectivity index (χ1) is 13.3. The largest absolute Gasteiger partial charge is 0.321 e. The number of carbonyl (C=O) groups excluding carboxylic acids is 1. The standard InChI is InChI=1S/C19H22N6O3/c1-12-7-5-6-8-16(12)9-24-15(4)19(14(3)22-24)20-18(26)11-23-10-17(25(27)28)13(2)21-23/h5-8,10H,9,11H2,1-4H3,(H,20,26). The molecule has 1 amide bonds. The third-order valence-corrected chi connectivity index (χ3v) is 4.65. The van der Waals surface area contributed by atoms with Crippen LogP contribution >= 0.6 is 0 Å². The van der Waals surface area contributed by atoms with Gasteiger partial charge in [0.25, 0.3) is 0 Å². The Bertz CT molecular complexity index is 1050. The van der Waals surface area contributed by atoms with Gasteiger partial charge in [0, 0.05) is 0 Å². The van der Waals surface area contributed by atoms with Gasteiger partial charge in [-0.3, -0.25) is 24.3 Å². The Balaban J connectivity index is 1.75. The van der Waals surface area contributed by atoms with Crippen LogP contribution in [0.2, 0.25) is 0 Å². The summed E-state index contributed by atoms with van der Waals surface area (Å²) in [5.74, 6) is -0.320. The number of carbonyl (C=O) groups is 1.